The number of carbonyl (C=O) groups excluding carboxylic acids is 3. The van der Waals surface area contributed by atoms with Gasteiger partial charge in [-0.05, 0) is 73.2 Å². The van der Waals surface area contributed by atoms with Crippen LogP contribution in [-0.2, 0) is 25.8 Å². The number of ether oxygens (including phenoxy) is 2. The minimum Gasteiger partial charge on any atom is -0.494 e. The summed E-state index contributed by atoms with van der Waals surface area (Å²) in [5.41, 5.74) is 4.78. The number of esters is 1. The van der Waals surface area contributed by atoms with Crippen LogP contribution >= 0.6 is 23.2 Å². The number of rotatable bonds is 13. The van der Waals surface area contributed by atoms with E-state index in [-0.39, 0.29) is 24.9 Å². The number of hydroxylamine groups is 1. The molecule has 10 nitrogen and oxygen atoms in total. The largest absolute Gasteiger partial charge is 0.494 e. The summed E-state index contributed by atoms with van der Waals surface area (Å²) in [5.74, 6) is -1.36. The number of nitrogens with one attached hydrogen (secondary N) is 1. The van der Waals surface area contributed by atoms with Crippen molar-refractivity contribution in [2.24, 2.45) is 5.18 Å². The molecule has 0 unspecified atom stereocenters. The predicted molar refractivity (Wildman–Crippen MR) is 177 cm³/mol. The average Bonchev–Trinajstić information content (AvgIpc) is 3.07. The van der Waals surface area contributed by atoms with Gasteiger partial charge in [0.1, 0.15) is 11.8 Å². The Kier molecular flexibility index (Phi) is 11.8. The first-order chi connectivity index (χ1) is 22.8. The summed E-state index contributed by atoms with van der Waals surface area (Å²) in [6.07, 6.45) is 3.55. The molecule has 1 aliphatic heterocycles. The van der Waals surface area contributed by atoms with Gasteiger partial charge in [-0.25, -0.2) is 5.48 Å². The molecule has 1 fully saturated rings. The van der Waals surface area contributed by atoms with E-state index in [1.165, 1.54) is 0 Å². The standard InChI is InChI=1S/C35H37Cl2N3O7/c1-2-45-31(41)15-8-18-46-24-10-7-9-22(19-24)21-47-39-34(42)32-25-11-3-4-12-26(25)35(43)40(30-14-6-5-13-29(30)38-44)33(32)27-17-16-23(36)20-28(27)37/h3-4,7,9-12,16-17,19-20,29-30,32-33H,2,5-6,8,13-15,18,21H2,1H3,(H,39,42)/t29-,30-,32+,33-/m0/s1. The number of nitroso groups, excluding NO2 is 1. The van der Waals surface area contributed by atoms with Gasteiger partial charge >= 0.3 is 5.97 Å². The molecular formula is C35H37Cl2N3O7. The van der Waals surface area contributed by atoms with Gasteiger partial charge in [0.05, 0.1) is 37.8 Å². The molecule has 12 heteroatoms. The molecule has 0 radical (unpaired) electrons. The van der Waals surface area contributed by atoms with Gasteiger partial charge in [0, 0.05) is 22.0 Å². The molecule has 5 rings (SSSR count). The lowest BCUT2D eigenvalue weighted by Crippen LogP contribution is -2.55. The second-order valence-electron chi connectivity index (χ2n) is 11.6. The molecule has 0 aromatic heterocycles. The molecule has 3 aromatic rings. The Morgan fingerprint density at radius 3 is 2.60 bits per heavy atom. The molecule has 47 heavy (non-hydrogen) atoms. The first kappa shape index (κ1) is 34.3. The lowest BCUT2D eigenvalue weighted by Gasteiger charge is -2.47. The number of hydrogen-bond donors (Lipinski definition) is 1. The fraction of sp³-hybridized carbons (Fsp3) is 0.400. The Labute approximate surface area is 283 Å². The summed E-state index contributed by atoms with van der Waals surface area (Å²) in [6.45, 7) is 2.48. The van der Waals surface area contributed by atoms with Crippen LogP contribution in [0.3, 0.4) is 0 Å². The average molecular weight is 683 g/mol. The van der Waals surface area contributed by atoms with Crippen LogP contribution in [0.1, 0.15) is 84.5 Å². The van der Waals surface area contributed by atoms with E-state index >= 15 is 0 Å². The topological polar surface area (TPSA) is 124 Å². The maximum atomic E-state index is 14.2. The Balaban J connectivity index is 1.38. The van der Waals surface area contributed by atoms with Gasteiger partial charge in [-0.2, -0.15) is 4.91 Å². The van der Waals surface area contributed by atoms with E-state index in [9.17, 15) is 19.3 Å². The molecule has 3 aromatic carbocycles. The number of halogens is 2. The molecule has 0 saturated heterocycles. The maximum Gasteiger partial charge on any atom is 0.305 e. The molecule has 248 valence electrons. The van der Waals surface area contributed by atoms with Crippen LogP contribution < -0.4 is 10.2 Å². The monoisotopic (exact) mass is 681 g/mol. The highest BCUT2D eigenvalue weighted by molar-refractivity contribution is 6.35. The Bertz CT molecular complexity index is 1600. The van der Waals surface area contributed by atoms with Crippen molar-refractivity contribution in [3.63, 3.8) is 0 Å². The second kappa shape index (κ2) is 16.2. The van der Waals surface area contributed by atoms with Crippen molar-refractivity contribution in [1.82, 2.24) is 10.4 Å². The number of benzene rings is 3. The highest BCUT2D eigenvalue weighted by atomic mass is 35.5. The molecule has 1 N–H and O–H groups in total. The predicted octanol–water partition coefficient (Wildman–Crippen LogP) is 7.32. The van der Waals surface area contributed by atoms with Crippen molar-refractivity contribution in [3.8, 4) is 5.75 Å². The SMILES string of the molecule is CCOC(=O)CCCOc1cccc(CONC(=O)[C@@H]2c3ccccc3C(=O)N([C@H]3CCCC[C@@H]3N=O)[C@H]2c2ccc(Cl)cc2Cl)c1. The van der Waals surface area contributed by atoms with Crippen LogP contribution in [0.25, 0.3) is 0 Å². The third kappa shape index (κ3) is 8.12. The van der Waals surface area contributed by atoms with Crippen molar-refractivity contribution in [1.29, 1.82) is 0 Å². The zero-order valence-electron chi connectivity index (χ0n) is 26.0. The van der Waals surface area contributed by atoms with Gasteiger partial charge in [-0.1, -0.05) is 77.6 Å². The Hall–Kier alpha value is -3.99. The lowest BCUT2D eigenvalue weighted by atomic mass is 9.76. The summed E-state index contributed by atoms with van der Waals surface area (Å²) in [7, 11) is 0. The van der Waals surface area contributed by atoms with E-state index in [1.807, 2.05) is 12.1 Å². The maximum absolute atomic E-state index is 14.2. The number of nitrogens with zero attached hydrogens (tertiary/aromatic N) is 2. The fourth-order valence-electron chi connectivity index (χ4n) is 6.43. The van der Waals surface area contributed by atoms with E-state index in [2.05, 4.69) is 10.7 Å². The molecule has 2 amide bonds. The van der Waals surface area contributed by atoms with E-state index in [0.29, 0.717) is 65.0 Å². The molecule has 1 saturated carbocycles. The van der Waals surface area contributed by atoms with Crippen molar-refractivity contribution >= 4 is 41.0 Å². The van der Waals surface area contributed by atoms with Gasteiger partial charge in [-0.3, -0.25) is 19.2 Å². The number of amides is 2. The minimum atomic E-state index is -0.925. The molecule has 0 spiro atoms. The molecule has 2 aliphatic rings. The quantitative estimate of drug-likeness (QED) is 0.0867. The summed E-state index contributed by atoms with van der Waals surface area (Å²) in [6, 6.07) is 17.2. The summed E-state index contributed by atoms with van der Waals surface area (Å²) >= 11 is 13.0. The molecule has 0 bridgehead atoms. The second-order valence-corrected chi connectivity index (χ2v) is 12.4. The van der Waals surface area contributed by atoms with Crippen molar-refractivity contribution < 1.29 is 28.7 Å². The van der Waals surface area contributed by atoms with Gasteiger partial charge in [0.15, 0.2) is 0 Å². The van der Waals surface area contributed by atoms with Crippen LogP contribution in [0.15, 0.2) is 71.9 Å². The fourth-order valence-corrected chi connectivity index (χ4v) is 6.95. The van der Waals surface area contributed by atoms with Gasteiger partial charge in [-0.15, -0.1) is 0 Å². The first-order valence-electron chi connectivity index (χ1n) is 15.8. The van der Waals surface area contributed by atoms with Gasteiger partial charge in [0.25, 0.3) is 11.8 Å². The minimum absolute atomic E-state index is 0.0366. The zero-order chi connectivity index (χ0) is 33.3. The van der Waals surface area contributed by atoms with Crippen molar-refractivity contribution in [2.75, 3.05) is 13.2 Å². The van der Waals surface area contributed by atoms with Crippen LogP contribution in [0.4, 0.5) is 0 Å². The van der Waals surface area contributed by atoms with E-state index in [1.54, 1.807) is 66.4 Å². The van der Waals surface area contributed by atoms with Crippen molar-refractivity contribution in [3.05, 3.63) is 104 Å². The highest BCUT2D eigenvalue weighted by Crippen LogP contribution is 2.48. The number of hydrogen-bond acceptors (Lipinski definition) is 8. The van der Waals surface area contributed by atoms with Gasteiger partial charge < -0.3 is 14.4 Å². The lowest BCUT2D eigenvalue weighted by molar-refractivity contribution is -0.143. The van der Waals surface area contributed by atoms with E-state index in [4.69, 9.17) is 37.5 Å². The first-order valence-corrected chi connectivity index (χ1v) is 16.6. The van der Waals surface area contributed by atoms with Crippen LogP contribution in [0, 0.1) is 4.91 Å². The third-order valence-electron chi connectivity index (χ3n) is 8.54. The molecule has 1 heterocycles. The molecule has 4 atom stereocenters. The Morgan fingerprint density at radius 1 is 1.00 bits per heavy atom. The summed E-state index contributed by atoms with van der Waals surface area (Å²) in [5, 5.41) is 4.11. The summed E-state index contributed by atoms with van der Waals surface area (Å²) in [4.78, 5) is 59.3. The van der Waals surface area contributed by atoms with Crippen LogP contribution in [-0.4, -0.2) is 48.0 Å². The summed E-state index contributed by atoms with van der Waals surface area (Å²) < 4.78 is 10.7. The number of carbonyl (C=O) groups is 3. The van der Waals surface area contributed by atoms with E-state index < -0.39 is 30.0 Å². The van der Waals surface area contributed by atoms with Gasteiger partial charge in [0.2, 0.25) is 0 Å². The van der Waals surface area contributed by atoms with Crippen LogP contribution in [0.5, 0.6) is 5.75 Å². The molecular weight excluding hydrogens is 645 g/mol. The van der Waals surface area contributed by atoms with E-state index in [0.717, 1.165) is 18.4 Å². The zero-order valence-corrected chi connectivity index (χ0v) is 27.5. The van der Waals surface area contributed by atoms with Crippen LogP contribution in [0.2, 0.25) is 10.0 Å². The highest BCUT2D eigenvalue weighted by Gasteiger charge is 2.49. The number of fused-ring (bicyclic) bond motifs is 1. The van der Waals surface area contributed by atoms with Crippen molar-refractivity contribution in [2.45, 2.75) is 76.1 Å². The normalized spacial score (nSPS) is 20.7. The Morgan fingerprint density at radius 2 is 1.81 bits per heavy atom. The smallest absolute Gasteiger partial charge is 0.305 e. The third-order valence-corrected chi connectivity index (χ3v) is 9.10. The molecule has 1 aliphatic carbocycles.